The first-order valence-corrected chi connectivity index (χ1v) is 9.66. The molecule has 1 aromatic rings. The topological polar surface area (TPSA) is 99.4 Å². The van der Waals surface area contributed by atoms with Gasteiger partial charge in [0.15, 0.2) is 0 Å². The molecule has 6 heteroatoms. The quantitative estimate of drug-likeness (QED) is 0.831. The Bertz CT molecular complexity index is 762. The van der Waals surface area contributed by atoms with E-state index >= 15 is 0 Å². The van der Waals surface area contributed by atoms with Gasteiger partial charge >= 0.3 is 12.1 Å². The number of nitriles is 1. The number of ether oxygens (including phenoxy) is 1. The zero-order valence-electron chi connectivity index (χ0n) is 15.2. The first-order valence-electron chi connectivity index (χ1n) is 9.66. The van der Waals surface area contributed by atoms with Crippen LogP contribution in [0, 0.1) is 29.1 Å². The average Bonchev–Trinajstić information content (AvgIpc) is 2.59. The van der Waals surface area contributed by atoms with E-state index in [1.165, 1.54) is 19.3 Å². The number of hydrogen-bond donors (Lipinski definition) is 2. The van der Waals surface area contributed by atoms with Crippen LogP contribution in [0.15, 0.2) is 24.3 Å². The van der Waals surface area contributed by atoms with E-state index in [2.05, 4.69) is 5.32 Å². The molecule has 0 radical (unpaired) electrons. The smallest absolute Gasteiger partial charge is 0.408 e. The molecule has 4 aliphatic rings. The van der Waals surface area contributed by atoms with E-state index in [0.717, 1.165) is 19.3 Å². The Morgan fingerprint density at radius 1 is 1.22 bits per heavy atom. The molecule has 4 saturated carbocycles. The van der Waals surface area contributed by atoms with Crippen LogP contribution >= 0.6 is 0 Å². The van der Waals surface area contributed by atoms with Gasteiger partial charge in [0.2, 0.25) is 0 Å². The third-order valence-electron chi connectivity index (χ3n) is 6.38. The molecule has 2 N–H and O–H groups in total. The fourth-order valence-corrected chi connectivity index (χ4v) is 5.73. The highest BCUT2D eigenvalue weighted by Crippen LogP contribution is 2.57. The molecule has 6 nitrogen and oxygen atoms in total. The summed E-state index contributed by atoms with van der Waals surface area (Å²) in [7, 11) is 0. The highest BCUT2D eigenvalue weighted by Gasteiger charge is 2.53. The van der Waals surface area contributed by atoms with Crippen LogP contribution in [0.1, 0.15) is 49.7 Å². The lowest BCUT2D eigenvalue weighted by molar-refractivity contribution is -0.141. The number of carboxylic acids is 1. The van der Waals surface area contributed by atoms with E-state index in [1.54, 1.807) is 24.3 Å². The molecule has 0 saturated heterocycles. The number of nitrogens with one attached hydrogen (secondary N) is 1. The average molecular weight is 368 g/mol. The van der Waals surface area contributed by atoms with Gasteiger partial charge in [-0.25, -0.2) is 9.59 Å². The van der Waals surface area contributed by atoms with Crippen molar-refractivity contribution in [3.8, 4) is 6.07 Å². The van der Waals surface area contributed by atoms with Crippen molar-refractivity contribution in [3.63, 3.8) is 0 Å². The van der Waals surface area contributed by atoms with E-state index < -0.39 is 23.7 Å². The minimum atomic E-state index is -1.11. The van der Waals surface area contributed by atoms with Crippen LogP contribution < -0.4 is 5.32 Å². The molecule has 4 aliphatic carbocycles. The van der Waals surface area contributed by atoms with Gasteiger partial charge in [-0.1, -0.05) is 12.1 Å². The molecular formula is C21H24N2O4. The van der Waals surface area contributed by atoms with Crippen molar-refractivity contribution >= 4 is 12.1 Å². The monoisotopic (exact) mass is 368 g/mol. The van der Waals surface area contributed by atoms with Crippen LogP contribution in [-0.2, 0) is 16.0 Å². The highest BCUT2D eigenvalue weighted by molar-refractivity contribution is 5.80. The van der Waals surface area contributed by atoms with E-state index in [-0.39, 0.29) is 6.42 Å². The van der Waals surface area contributed by atoms with Gasteiger partial charge in [0.25, 0.3) is 0 Å². The SMILES string of the molecule is N#Cc1cccc(CC(NC(=O)OC23CC4CC(CC(C4)C2)C3)C(=O)O)c1. The van der Waals surface area contributed by atoms with Gasteiger partial charge in [-0.3, -0.25) is 0 Å². The van der Waals surface area contributed by atoms with Gasteiger partial charge in [0.1, 0.15) is 11.6 Å². The van der Waals surface area contributed by atoms with Gasteiger partial charge in [0.05, 0.1) is 11.6 Å². The summed E-state index contributed by atoms with van der Waals surface area (Å²) in [5, 5.41) is 21.0. The minimum absolute atomic E-state index is 0.112. The second-order valence-electron chi connectivity index (χ2n) is 8.54. The number of alkyl carbamates (subject to hydrolysis) is 1. The van der Waals surface area contributed by atoms with Crippen molar-refractivity contribution in [2.45, 2.75) is 56.6 Å². The number of nitrogens with zero attached hydrogens (tertiary/aromatic N) is 1. The molecular weight excluding hydrogens is 344 g/mol. The van der Waals surface area contributed by atoms with Gasteiger partial charge in [-0.05, 0) is 74.0 Å². The third kappa shape index (κ3) is 3.78. The Morgan fingerprint density at radius 2 is 1.85 bits per heavy atom. The summed E-state index contributed by atoms with van der Waals surface area (Å²) in [6, 6.07) is 7.72. The van der Waals surface area contributed by atoms with Crippen LogP contribution in [0.25, 0.3) is 0 Å². The summed E-state index contributed by atoms with van der Waals surface area (Å²) in [4.78, 5) is 24.1. The first kappa shape index (κ1) is 17.8. The molecule has 1 unspecified atom stereocenters. The van der Waals surface area contributed by atoms with Crippen molar-refractivity contribution in [2.75, 3.05) is 0 Å². The normalized spacial score (nSPS) is 31.7. The number of carbonyl (C=O) groups excluding carboxylic acids is 1. The Balaban J connectivity index is 1.41. The van der Waals surface area contributed by atoms with Crippen molar-refractivity contribution in [3.05, 3.63) is 35.4 Å². The third-order valence-corrected chi connectivity index (χ3v) is 6.38. The molecule has 0 heterocycles. The molecule has 5 rings (SSSR count). The number of carbonyl (C=O) groups is 2. The maximum Gasteiger partial charge on any atom is 0.408 e. The molecule has 1 amide bonds. The first-order chi connectivity index (χ1) is 12.9. The fraction of sp³-hybridized carbons (Fsp3) is 0.571. The van der Waals surface area contributed by atoms with Crippen LogP contribution in [0.4, 0.5) is 4.79 Å². The number of rotatable bonds is 5. The molecule has 0 spiro atoms. The number of hydrogen-bond acceptors (Lipinski definition) is 4. The van der Waals surface area contributed by atoms with E-state index in [4.69, 9.17) is 10.00 Å². The van der Waals surface area contributed by atoms with Gasteiger partial charge in [-0.2, -0.15) is 5.26 Å². The van der Waals surface area contributed by atoms with Crippen LogP contribution in [0.3, 0.4) is 0 Å². The lowest BCUT2D eigenvalue weighted by atomic mass is 9.54. The standard InChI is InChI=1S/C21H24N2O4/c22-12-14-3-1-2-13(4-14)8-18(19(24)25)23-20(26)27-21-9-15-5-16(10-21)7-17(6-15)11-21/h1-4,15-18H,5-11H2,(H,23,26)(H,24,25). The number of carboxylic acid groups (broad SMARTS) is 1. The zero-order valence-corrected chi connectivity index (χ0v) is 15.2. The fourth-order valence-electron chi connectivity index (χ4n) is 5.73. The van der Waals surface area contributed by atoms with E-state index in [9.17, 15) is 14.7 Å². The van der Waals surface area contributed by atoms with Crippen LogP contribution in [-0.4, -0.2) is 28.8 Å². The summed E-state index contributed by atoms with van der Waals surface area (Å²) < 4.78 is 5.85. The van der Waals surface area contributed by atoms with E-state index in [0.29, 0.717) is 28.9 Å². The number of benzene rings is 1. The van der Waals surface area contributed by atoms with Crippen LogP contribution in [0.5, 0.6) is 0 Å². The van der Waals surface area contributed by atoms with Gasteiger partial charge in [-0.15, -0.1) is 0 Å². The number of aliphatic carboxylic acids is 1. The summed E-state index contributed by atoms with van der Waals surface area (Å²) in [5.41, 5.74) is 0.757. The van der Waals surface area contributed by atoms with Gasteiger partial charge in [0, 0.05) is 6.42 Å². The van der Waals surface area contributed by atoms with Crippen molar-refractivity contribution in [1.29, 1.82) is 5.26 Å². The molecule has 1 aromatic carbocycles. The Labute approximate surface area is 158 Å². The molecule has 27 heavy (non-hydrogen) atoms. The number of amides is 1. The molecule has 1 atom stereocenters. The van der Waals surface area contributed by atoms with Gasteiger partial charge < -0.3 is 15.2 Å². The van der Waals surface area contributed by atoms with Crippen molar-refractivity contribution < 1.29 is 19.4 Å². The zero-order chi connectivity index (χ0) is 19.0. The summed E-state index contributed by atoms with van der Waals surface area (Å²) in [5.74, 6) is 0.828. The van der Waals surface area contributed by atoms with Crippen LogP contribution in [0.2, 0.25) is 0 Å². The van der Waals surface area contributed by atoms with Crippen molar-refractivity contribution in [2.24, 2.45) is 17.8 Å². The van der Waals surface area contributed by atoms with Crippen molar-refractivity contribution in [1.82, 2.24) is 5.32 Å². The predicted molar refractivity (Wildman–Crippen MR) is 96.8 cm³/mol. The molecule has 0 aliphatic heterocycles. The predicted octanol–water partition coefficient (Wildman–Crippen LogP) is 3.25. The molecule has 4 fully saturated rings. The molecule has 4 bridgehead atoms. The summed E-state index contributed by atoms with van der Waals surface area (Å²) in [6.45, 7) is 0. The molecule has 0 aromatic heterocycles. The second-order valence-corrected chi connectivity index (χ2v) is 8.54. The largest absolute Gasteiger partial charge is 0.480 e. The summed E-state index contributed by atoms with van der Waals surface area (Å²) >= 11 is 0. The lowest BCUT2D eigenvalue weighted by Gasteiger charge is -2.55. The highest BCUT2D eigenvalue weighted by atomic mass is 16.6. The van der Waals surface area contributed by atoms with E-state index in [1.807, 2.05) is 6.07 Å². The minimum Gasteiger partial charge on any atom is -0.480 e. The maximum atomic E-state index is 12.5. The Kier molecular flexibility index (Phi) is 4.55. The lowest BCUT2D eigenvalue weighted by Crippen LogP contribution is -2.55. The molecule has 142 valence electrons. The maximum absolute atomic E-state index is 12.5. The second kappa shape index (κ2) is 6.88. The summed E-state index contributed by atoms with van der Waals surface area (Å²) in [6.07, 6.45) is 5.95. The Morgan fingerprint density at radius 3 is 2.41 bits per heavy atom. The Hall–Kier alpha value is -2.55.